The van der Waals surface area contributed by atoms with Crippen LogP contribution in [-0.2, 0) is 29.8 Å². The second kappa shape index (κ2) is 10.1. The van der Waals surface area contributed by atoms with Crippen LogP contribution in [0.25, 0.3) is 0 Å². The summed E-state index contributed by atoms with van der Waals surface area (Å²) in [6.07, 6.45) is 5.47. The largest absolute Gasteiger partial charge is 0.482 e. The zero-order chi connectivity index (χ0) is 26.1. The van der Waals surface area contributed by atoms with Gasteiger partial charge in [-0.15, -0.1) is 0 Å². The molecule has 1 saturated heterocycles. The number of likely N-dealkylation sites (tertiary alicyclic amines) is 1. The molecule has 2 aliphatic carbocycles. The fourth-order valence-electron chi connectivity index (χ4n) is 7.05. The standard InChI is InChI=1S/C31H32N2O5/c34-30(38-21-23-11-5-2-6-12-23)32-16-15-31-14-8-7-13-25(31)27(32)17-24-18-28(33(35)36)29(19-26(24)31)37-20-22-9-3-1-4-10-22/h1-6,9-12,18-19,25,27H,7-8,13-17,20-21H2/t25-,27+,31+/m1/s1. The Kier molecular flexibility index (Phi) is 6.52. The molecule has 0 aromatic heterocycles. The van der Waals surface area contributed by atoms with Gasteiger partial charge in [-0.05, 0) is 59.9 Å². The van der Waals surface area contributed by atoms with E-state index in [4.69, 9.17) is 9.47 Å². The molecule has 0 N–H and O–H groups in total. The van der Waals surface area contributed by atoms with Crippen LogP contribution in [-0.4, -0.2) is 28.5 Å². The van der Waals surface area contributed by atoms with Crippen molar-refractivity contribution in [1.82, 2.24) is 4.90 Å². The van der Waals surface area contributed by atoms with Crippen molar-refractivity contribution in [2.75, 3.05) is 6.54 Å². The van der Waals surface area contributed by atoms with Gasteiger partial charge < -0.3 is 14.4 Å². The number of nitro groups is 1. The summed E-state index contributed by atoms with van der Waals surface area (Å²) < 4.78 is 11.8. The van der Waals surface area contributed by atoms with Crippen molar-refractivity contribution in [2.45, 2.75) is 63.2 Å². The van der Waals surface area contributed by atoms with Gasteiger partial charge in [0.1, 0.15) is 13.2 Å². The number of rotatable bonds is 6. The molecule has 196 valence electrons. The highest BCUT2D eigenvalue weighted by atomic mass is 16.6. The molecule has 3 aromatic carbocycles. The normalized spacial score (nSPS) is 23.6. The van der Waals surface area contributed by atoms with Gasteiger partial charge in [-0.25, -0.2) is 4.79 Å². The Hall–Kier alpha value is -3.87. The van der Waals surface area contributed by atoms with Gasteiger partial charge in [-0.1, -0.05) is 73.5 Å². The molecular formula is C31H32N2O5. The molecule has 1 amide bonds. The Morgan fingerprint density at radius 2 is 1.68 bits per heavy atom. The number of carbonyl (C=O) groups excluding carboxylic acids is 1. The van der Waals surface area contributed by atoms with E-state index < -0.39 is 0 Å². The first-order chi connectivity index (χ1) is 18.5. The second-order valence-corrected chi connectivity index (χ2v) is 10.8. The van der Waals surface area contributed by atoms with Crippen LogP contribution in [0.1, 0.15) is 54.4 Å². The zero-order valence-electron chi connectivity index (χ0n) is 21.4. The topological polar surface area (TPSA) is 81.9 Å². The van der Waals surface area contributed by atoms with Gasteiger partial charge in [-0.2, -0.15) is 0 Å². The maximum atomic E-state index is 13.3. The molecule has 3 aromatic rings. The fourth-order valence-corrected chi connectivity index (χ4v) is 7.05. The van der Waals surface area contributed by atoms with E-state index in [0.29, 0.717) is 24.6 Å². The lowest BCUT2D eigenvalue weighted by molar-refractivity contribution is -0.386. The minimum absolute atomic E-state index is 0.0124. The van der Waals surface area contributed by atoms with E-state index in [0.717, 1.165) is 48.8 Å². The maximum absolute atomic E-state index is 13.3. The summed E-state index contributed by atoms with van der Waals surface area (Å²) in [4.78, 5) is 26.9. The number of nitrogens with zero attached hydrogens (tertiary/aromatic N) is 2. The number of benzene rings is 3. The van der Waals surface area contributed by atoms with E-state index in [1.807, 2.05) is 71.6 Å². The number of hydrogen-bond acceptors (Lipinski definition) is 5. The van der Waals surface area contributed by atoms with Gasteiger partial charge in [0.15, 0.2) is 5.75 Å². The number of ether oxygens (including phenoxy) is 2. The van der Waals surface area contributed by atoms with Crippen molar-refractivity contribution in [2.24, 2.45) is 5.92 Å². The van der Waals surface area contributed by atoms with Crippen molar-refractivity contribution in [1.29, 1.82) is 0 Å². The van der Waals surface area contributed by atoms with Gasteiger partial charge >= 0.3 is 11.8 Å². The molecule has 0 unspecified atom stereocenters. The first-order valence-corrected chi connectivity index (χ1v) is 13.5. The number of nitro benzene ring substituents is 1. The average Bonchev–Trinajstić information content (AvgIpc) is 2.95. The zero-order valence-corrected chi connectivity index (χ0v) is 21.4. The molecular weight excluding hydrogens is 480 g/mol. The van der Waals surface area contributed by atoms with Gasteiger partial charge in [0.2, 0.25) is 0 Å². The third kappa shape index (κ3) is 4.40. The third-order valence-electron chi connectivity index (χ3n) is 8.79. The molecule has 3 aliphatic rings. The predicted octanol–water partition coefficient (Wildman–Crippen LogP) is 6.57. The van der Waals surface area contributed by atoms with Crippen LogP contribution in [0.4, 0.5) is 10.5 Å². The second-order valence-electron chi connectivity index (χ2n) is 10.8. The minimum atomic E-state index is -0.354. The predicted molar refractivity (Wildman–Crippen MR) is 143 cm³/mol. The van der Waals surface area contributed by atoms with Crippen LogP contribution in [0.3, 0.4) is 0 Å². The Balaban J connectivity index is 1.31. The van der Waals surface area contributed by atoms with E-state index in [1.165, 1.54) is 5.56 Å². The molecule has 0 radical (unpaired) electrons. The number of carbonyl (C=O) groups is 1. The molecule has 7 nitrogen and oxygen atoms in total. The summed E-state index contributed by atoms with van der Waals surface area (Å²) in [6.45, 7) is 1.15. The lowest BCUT2D eigenvalue weighted by Gasteiger charge is -2.58. The highest BCUT2D eigenvalue weighted by Crippen LogP contribution is 2.57. The Labute approximate surface area is 222 Å². The number of hydrogen-bond donors (Lipinski definition) is 0. The van der Waals surface area contributed by atoms with E-state index in [-0.39, 0.29) is 41.4 Å². The third-order valence-corrected chi connectivity index (χ3v) is 8.79. The molecule has 3 atom stereocenters. The van der Waals surface area contributed by atoms with Crippen molar-refractivity contribution in [3.63, 3.8) is 0 Å². The number of fused-ring (bicyclic) bond motifs is 1. The van der Waals surface area contributed by atoms with Crippen molar-refractivity contribution in [3.05, 3.63) is 105 Å². The summed E-state index contributed by atoms with van der Waals surface area (Å²) in [7, 11) is 0. The molecule has 1 heterocycles. The summed E-state index contributed by atoms with van der Waals surface area (Å²) >= 11 is 0. The van der Waals surface area contributed by atoms with Crippen LogP contribution in [0.2, 0.25) is 0 Å². The molecule has 1 saturated carbocycles. The molecule has 2 bridgehead atoms. The maximum Gasteiger partial charge on any atom is 0.410 e. The first-order valence-electron chi connectivity index (χ1n) is 13.5. The minimum Gasteiger partial charge on any atom is -0.482 e. The van der Waals surface area contributed by atoms with E-state index >= 15 is 0 Å². The Bertz CT molecular complexity index is 1330. The lowest BCUT2D eigenvalue weighted by atomic mass is 9.52. The van der Waals surface area contributed by atoms with Crippen LogP contribution >= 0.6 is 0 Å². The van der Waals surface area contributed by atoms with Gasteiger partial charge in [-0.3, -0.25) is 10.1 Å². The van der Waals surface area contributed by atoms with Crippen LogP contribution in [0.15, 0.2) is 72.8 Å². The van der Waals surface area contributed by atoms with Crippen LogP contribution in [0, 0.1) is 16.0 Å². The van der Waals surface area contributed by atoms with Crippen molar-refractivity contribution >= 4 is 11.8 Å². The molecule has 38 heavy (non-hydrogen) atoms. The number of amides is 1. The van der Waals surface area contributed by atoms with Gasteiger partial charge in [0.05, 0.1) is 4.92 Å². The fraction of sp³-hybridized carbons (Fsp3) is 0.387. The highest BCUT2D eigenvalue weighted by Gasteiger charge is 2.55. The first kappa shape index (κ1) is 24.5. The summed E-state index contributed by atoms with van der Waals surface area (Å²) in [5, 5.41) is 12.1. The van der Waals surface area contributed by atoms with Crippen LogP contribution < -0.4 is 4.74 Å². The summed E-state index contributed by atoms with van der Waals surface area (Å²) in [5.74, 6) is 0.643. The van der Waals surface area contributed by atoms with Crippen LogP contribution in [0.5, 0.6) is 5.75 Å². The quantitative estimate of drug-likeness (QED) is 0.276. The highest BCUT2D eigenvalue weighted by molar-refractivity contribution is 5.69. The van der Waals surface area contributed by atoms with Gasteiger partial charge in [0, 0.05) is 24.1 Å². The Morgan fingerprint density at radius 3 is 2.39 bits per heavy atom. The molecule has 6 rings (SSSR count). The van der Waals surface area contributed by atoms with Crippen molar-refractivity contribution in [3.8, 4) is 5.75 Å². The van der Waals surface area contributed by atoms with E-state index in [1.54, 1.807) is 6.07 Å². The number of piperidine rings is 1. The summed E-state index contributed by atoms with van der Waals surface area (Å²) in [5.41, 5.74) is 3.97. The van der Waals surface area contributed by atoms with Crippen molar-refractivity contribution < 1.29 is 19.2 Å². The lowest BCUT2D eigenvalue weighted by Crippen LogP contribution is -2.62. The molecule has 7 heteroatoms. The Morgan fingerprint density at radius 1 is 0.974 bits per heavy atom. The average molecular weight is 513 g/mol. The smallest absolute Gasteiger partial charge is 0.410 e. The van der Waals surface area contributed by atoms with E-state index in [9.17, 15) is 14.9 Å². The molecule has 2 fully saturated rings. The molecule has 0 spiro atoms. The molecule has 1 aliphatic heterocycles. The monoisotopic (exact) mass is 512 g/mol. The van der Waals surface area contributed by atoms with Gasteiger partial charge in [0.25, 0.3) is 0 Å². The van der Waals surface area contributed by atoms with E-state index in [2.05, 4.69) is 0 Å². The SMILES string of the molecule is O=C(OCc1ccccc1)N1CC[C@@]23CCCC[C@@H]2[C@@H]1Cc1cc([N+](=O)[O-])c(OCc2ccccc2)cc13. The summed E-state index contributed by atoms with van der Waals surface area (Å²) in [6, 6.07) is 23.1.